The molecule has 0 unspecified atom stereocenters. The second-order valence-corrected chi connectivity index (χ2v) is 12.0. The standard InChI is InChI=1S/C28H39NO4/c1-5-27(33-24(30)18-29-13-15-32-16-14-29)17-20-7-8-21-22(25(20,3)19-27)9-11-26(4)23(21)10-12-28(26,31)6-2/h1-2,20-23,31H,7-19H2,3-4H3/t20-,21+,22-,23-,25-,26-,27+,28-/m0/s1. The number of ether oxygens (including phenoxy) is 2. The minimum absolute atomic E-state index is 0.0622. The number of aliphatic hydroxyl groups is 1. The van der Waals surface area contributed by atoms with Crippen LogP contribution in [0.5, 0.6) is 0 Å². The van der Waals surface area contributed by atoms with Crippen LogP contribution < -0.4 is 0 Å². The number of nitrogens with zero attached hydrogens (tertiary/aromatic N) is 1. The Morgan fingerprint density at radius 2 is 1.82 bits per heavy atom. The van der Waals surface area contributed by atoms with Gasteiger partial charge in [-0.15, -0.1) is 12.8 Å². The van der Waals surface area contributed by atoms with Crippen molar-refractivity contribution in [2.75, 3.05) is 32.8 Å². The molecule has 1 heterocycles. The summed E-state index contributed by atoms with van der Waals surface area (Å²) < 4.78 is 11.5. The van der Waals surface area contributed by atoms with E-state index < -0.39 is 11.2 Å². The van der Waals surface area contributed by atoms with Gasteiger partial charge < -0.3 is 14.6 Å². The average Bonchev–Trinajstić information content (AvgIpc) is 3.25. The molecule has 33 heavy (non-hydrogen) atoms. The summed E-state index contributed by atoms with van der Waals surface area (Å²) in [6, 6.07) is 0. The highest BCUT2D eigenvalue weighted by Gasteiger charge is 2.67. The Balaban J connectivity index is 1.33. The predicted molar refractivity (Wildman–Crippen MR) is 126 cm³/mol. The number of hydrogen-bond acceptors (Lipinski definition) is 5. The number of esters is 1. The highest BCUT2D eigenvalue weighted by atomic mass is 16.6. The van der Waals surface area contributed by atoms with Crippen LogP contribution in [0.1, 0.15) is 65.2 Å². The molecule has 180 valence electrons. The van der Waals surface area contributed by atoms with Crippen molar-refractivity contribution in [1.29, 1.82) is 0 Å². The smallest absolute Gasteiger partial charge is 0.321 e. The van der Waals surface area contributed by atoms with Crippen LogP contribution in [0.4, 0.5) is 0 Å². The van der Waals surface area contributed by atoms with E-state index >= 15 is 0 Å². The van der Waals surface area contributed by atoms with E-state index in [0.29, 0.717) is 43.3 Å². The molecular formula is C28H39NO4. The predicted octanol–water partition coefficient (Wildman–Crippen LogP) is 3.25. The summed E-state index contributed by atoms with van der Waals surface area (Å²) in [7, 11) is 0. The SMILES string of the molecule is C#C[C@@]1(OC(=O)CN2CCOCC2)C[C@@H]2CC[C@@H]3[C@H](CC[C@@]4(C)[C@H]3CC[C@@]4(O)C#C)[C@@]2(C)C1. The molecule has 0 aromatic heterocycles. The number of fused-ring (bicyclic) bond motifs is 5. The maximum absolute atomic E-state index is 12.9. The Bertz CT molecular complexity index is 883. The Morgan fingerprint density at radius 3 is 2.52 bits per heavy atom. The summed E-state index contributed by atoms with van der Waals surface area (Å²) in [6.07, 6.45) is 19.4. The van der Waals surface area contributed by atoms with Gasteiger partial charge in [-0.1, -0.05) is 25.7 Å². The van der Waals surface area contributed by atoms with E-state index in [1.54, 1.807) is 0 Å². The highest BCUT2D eigenvalue weighted by Crippen LogP contribution is 2.70. The van der Waals surface area contributed by atoms with Gasteiger partial charge in [0.2, 0.25) is 0 Å². The molecule has 0 amide bonds. The monoisotopic (exact) mass is 453 g/mol. The molecule has 1 N–H and O–H groups in total. The van der Waals surface area contributed by atoms with E-state index in [-0.39, 0.29) is 23.3 Å². The lowest BCUT2D eigenvalue weighted by atomic mass is 9.47. The molecule has 0 aromatic carbocycles. The Morgan fingerprint density at radius 1 is 1.09 bits per heavy atom. The van der Waals surface area contributed by atoms with Crippen LogP contribution in [0, 0.1) is 59.2 Å². The molecule has 1 saturated heterocycles. The summed E-state index contributed by atoms with van der Waals surface area (Å²) in [4.78, 5) is 15.0. The molecule has 0 spiro atoms. The first-order valence-electron chi connectivity index (χ1n) is 12.9. The molecule has 1 aliphatic heterocycles. The van der Waals surface area contributed by atoms with Crippen molar-refractivity contribution in [1.82, 2.24) is 4.90 Å². The summed E-state index contributed by atoms with van der Waals surface area (Å²) >= 11 is 0. The normalized spacial score (nSPS) is 49.2. The lowest BCUT2D eigenvalue weighted by Crippen LogP contribution is -2.54. The first kappa shape index (κ1) is 23.2. The van der Waals surface area contributed by atoms with Crippen molar-refractivity contribution in [3.05, 3.63) is 0 Å². The van der Waals surface area contributed by atoms with Crippen LogP contribution in [0.15, 0.2) is 0 Å². The van der Waals surface area contributed by atoms with Crippen molar-refractivity contribution in [3.8, 4) is 24.7 Å². The summed E-state index contributed by atoms with van der Waals surface area (Å²) in [5.74, 6) is 7.54. The van der Waals surface area contributed by atoms with E-state index in [1.165, 1.54) is 0 Å². The molecule has 5 rings (SSSR count). The third-order valence-electron chi connectivity index (χ3n) is 10.7. The van der Waals surface area contributed by atoms with Gasteiger partial charge in [-0.2, -0.15) is 0 Å². The topological polar surface area (TPSA) is 59.0 Å². The molecule has 0 aromatic rings. The minimum atomic E-state index is -0.979. The van der Waals surface area contributed by atoms with E-state index in [4.69, 9.17) is 22.3 Å². The Hall–Kier alpha value is -1.53. The number of terminal acetylenes is 2. The molecule has 5 aliphatic rings. The number of rotatable bonds is 3. The largest absolute Gasteiger partial charge is 0.445 e. The zero-order valence-electron chi connectivity index (χ0n) is 20.3. The molecule has 5 heteroatoms. The van der Waals surface area contributed by atoms with Gasteiger partial charge in [0, 0.05) is 31.3 Å². The molecule has 4 saturated carbocycles. The fraction of sp³-hybridized carbons (Fsp3) is 0.821. The fourth-order valence-electron chi connectivity index (χ4n) is 8.89. The number of morpholine rings is 1. The van der Waals surface area contributed by atoms with E-state index in [0.717, 1.165) is 58.0 Å². The lowest BCUT2D eigenvalue weighted by Gasteiger charge is -2.58. The van der Waals surface area contributed by atoms with E-state index in [2.05, 4.69) is 30.6 Å². The van der Waals surface area contributed by atoms with Crippen LogP contribution in [0.2, 0.25) is 0 Å². The van der Waals surface area contributed by atoms with Crippen molar-refractivity contribution in [3.63, 3.8) is 0 Å². The summed E-state index contributed by atoms with van der Waals surface area (Å²) in [5, 5.41) is 11.2. The molecule has 0 radical (unpaired) electrons. The number of carbonyl (C=O) groups is 1. The second-order valence-electron chi connectivity index (χ2n) is 12.0. The molecule has 5 nitrogen and oxygen atoms in total. The quantitative estimate of drug-likeness (QED) is 0.525. The molecule has 5 fully saturated rings. The summed E-state index contributed by atoms with van der Waals surface area (Å²) in [6.45, 7) is 7.73. The first-order valence-corrected chi connectivity index (χ1v) is 12.9. The minimum Gasteiger partial charge on any atom is -0.445 e. The van der Waals surface area contributed by atoms with Gasteiger partial charge in [0.25, 0.3) is 0 Å². The van der Waals surface area contributed by atoms with Gasteiger partial charge >= 0.3 is 5.97 Å². The van der Waals surface area contributed by atoms with Crippen molar-refractivity contribution in [2.45, 2.75) is 76.4 Å². The van der Waals surface area contributed by atoms with Gasteiger partial charge in [0.05, 0.1) is 19.8 Å². The number of carbonyl (C=O) groups excluding carboxylic acids is 1. The van der Waals surface area contributed by atoms with Crippen LogP contribution in [-0.4, -0.2) is 60.0 Å². The molecule has 0 bridgehead atoms. The molecule has 8 atom stereocenters. The van der Waals surface area contributed by atoms with Gasteiger partial charge in [-0.25, -0.2) is 0 Å². The van der Waals surface area contributed by atoms with Crippen molar-refractivity contribution >= 4 is 5.97 Å². The zero-order valence-corrected chi connectivity index (χ0v) is 20.3. The Kier molecular flexibility index (Phi) is 5.64. The van der Waals surface area contributed by atoms with Crippen molar-refractivity contribution in [2.24, 2.45) is 34.5 Å². The average molecular weight is 454 g/mol. The van der Waals surface area contributed by atoms with Crippen LogP contribution in [0.3, 0.4) is 0 Å². The third-order valence-corrected chi connectivity index (χ3v) is 10.7. The van der Waals surface area contributed by atoms with Gasteiger partial charge in [0.15, 0.2) is 5.60 Å². The Labute approximate surface area is 199 Å². The van der Waals surface area contributed by atoms with Crippen LogP contribution >= 0.6 is 0 Å². The van der Waals surface area contributed by atoms with Gasteiger partial charge in [-0.05, 0) is 67.6 Å². The molecule has 4 aliphatic carbocycles. The maximum atomic E-state index is 12.9. The zero-order chi connectivity index (χ0) is 23.5. The fourth-order valence-corrected chi connectivity index (χ4v) is 8.89. The second kappa shape index (κ2) is 8.01. The third kappa shape index (κ3) is 3.46. The van der Waals surface area contributed by atoms with E-state index in [9.17, 15) is 9.90 Å². The van der Waals surface area contributed by atoms with E-state index in [1.807, 2.05) is 0 Å². The molecular weight excluding hydrogens is 414 g/mol. The highest BCUT2D eigenvalue weighted by molar-refractivity contribution is 5.72. The van der Waals surface area contributed by atoms with Crippen LogP contribution in [-0.2, 0) is 14.3 Å². The summed E-state index contributed by atoms with van der Waals surface area (Å²) in [5.41, 5.74) is -1.91. The maximum Gasteiger partial charge on any atom is 0.321 e. The number of hydrogen-bond donors (Lipinski definition) is 1. The van der Waals surface area contributed by atoms with Gasteiger partial charge in [-0.3, -0.25) is 9.69 Å². The lowest BCUT2D eigenvalue weighted by molar-refractivity contribution is -0.157. The van der Waals surface area contributed by atoms with Crippen molar-refractivity contribution < 1.29 is 19.4 Å². The van der Waals surface area contributed by atoms with Crippen LogP contribution in [0.25, 0.3) is 0 Å². The van der Waals surface area contributed by atoms with Gasteiger partial charge in [0.1, 0.15) is 5.60 Å². The first-order chi connectivity index (χ1) is 15.7.